The van der Waals surface area contributed by atoms with Gasteiger partial charge in [0.05, 0.1) is 11.3 Å². The zero-order valence-electron chi connectivity index (χ0n) is 14.6. The largest absolute Gasteiger partial charge is 0.451 e. The fraction of sp³-hybridized carbons (Fsp3) is 0.0500. The topological polar surface area (TPSA) is 68.0 Å². The molecule has 5 nitrogen and oxygen atoms in total. The van der Waals surface area contributed by atoms with E-state index in [9.17, 15) is 18.0 Å². The van der Waals surface area contributed by atoms with E-state index >= 15 is 0 Å². The number of nitrogens with one attached hydrogen (secondary N) is 1. The number of aromatic nitrogens is 2. The Balaban J connectivity index is 1.50. The fourth-order valence-electron chi connectivity index (χ4n) is 2.59. The van der Waals surface area contributed by atoms with Crippen LogP contribution in [-0.4, -0.2) is 15.9 Å². The highest BCUT2D eigenvalue weighted by Gasteiger charge is 2.30. The number of pyridine rings is 1. The van der Waals surface area contributed by atoms with Crippen molar-refractivity contribution >= 4 is 22.4 Å². The highest BCUT2D eigenvalue weighted by atomic mass is 32.1. The van der Waals surface area contributed by atoms with Gasteiger partial charge >= 0.3 is 6.18 Å². The average molecular weight is 415 g/mol. The number of rotatable bonds is 4. The molecule has 0 saturated carbocycles. The Hall–Kier alpha value is -3.46. The zero-order valence-corrected chi connectivity index (χ0v) is 15.4. The maximum Gasteiger partial charge on any atom is 0.416 e. The quantitative estimate of drug-likeness (QED) is 0.462. The Labute approximate surface area is 166 Å². The third-order valence-electron chi connectivity index (χ3n) is 3.96. The lowest BCUT2D eigenvalue weighted by Gasteiger charge is -2.07. The number of nitrogens with zero attached hydrogens (tertiary/aromatic N) is 2. The smallest absolute Gasteiger partial charge is 0.416 e. The van der Waals surface area contributed by atoms with Gasteiger partial charge in [0.1, 0.15) is 11.5 Å². The predicted octanol–water partition coefficient (Wildman–Crippen LogP) is 5.74. The van der Waals surface area contributed by atoms with Gasteiger partial charge in [0.2, 0.25) is 0 Å². The number of thiazole rings is 1. The van der Waals surface area contributed by atoms with Gasteiger partial charge in [-0.15, -0.1) is 11.3 Å². The summed E-state index contributed by atoms with van der Waals surface area (Å²) in [5, 5.41) is 4.73. The summed E-state index contributed by atoms with van der Waals surface area (Å²) >= 11 is 1.23. The molecular formula is C20H12F3N3O2S. The summed E-state index contributed by atoms with van der Waals surface area (Å²) in [6, 6.07) is 13.0. The van der Waals surface area contributed by atoms with Crippen molar-refractivity contribution in [2.45, 2.75) is 6.18 Å². The number of carbonyl (C=O) groups is 1. The summed E-state index contributed by atoms with van der Waals surface area (Å²) in [7, 11) is 0. The van der Waals surface area contributed by atoms with E-state index in [1.807, 2.05) is 6.07 Å². The van der Waals surface area contributed by atoms with Crippen molar-refractivity contribution in [1.29, 1.82) is 0 Å². The first-order valence-corrected chi connectivity index (χ1v) is 9.24. The molecule has 0 saturated heterocycles. The number of carbonyl (C=O) groups excluding carboxylic acids is 1. The van der Waals surface area contributed by atoms with Crippen LogP contribution in [0, 0.1) is 0 Å². The van der Waals surface area contributed by atoms with Gasteiger partial charge in [0, 0.05) is 17.1 Å². The van der Waals surface area contributed by atoms with Crippen LogP contribution in [0.4, 0.5) is 18.3 Å². The summed E-state index contributed by atoms with van der Waals surface area (Å²) in [6.07, 6.45) is -2.82. The third kappa shape index (κ3) is 4.19. The molecule has 3 aromatic heterocycles. The summed E-state index contributed by atoms with van der Waals surface area (Å²) in [5.74, 6) is -0.424. The normalized spacial score (nSPS) is 11.4. The fourth-order valence-corrected chi connectivity index (χ4v) is 3.29. The maximum absolute atomic E-state index is 12.9. The van der Waals surface area contributed by atoms with Crippen molar-refractivity contribution in [3.8, 4) is 22.7 Å². The van der Waals surface area contributed by atoms with Gasteiger partial charge in [-0.05, 0) is 36.4 Å². The van der Waals surface area contributed by atoms with Gasteiger partial charge in [-0.1, -0.05) is 18.2 Å². The highest BCUT2D eigenvalue weighted by Crippen LogP contribution is 2.33. The van der Waals surface area contributed by atoms with Crippen LogP contribution in [-0.2, 0) is 6.18 Å². The number of furan rings is 1. The first-order valence-electron chi connectivity index (χ1n) is 8.36. The minimum atomic E-state index is -4.46. The SMILES string of the molecule is O=C(Nc1nc(-c2ccccn2)cs1)c1ccc(-c2cccc(C(F)(F)F)c2)o1. The minimum Gasteiger partial charge on any atom is -0.451 e. The van der Waals surface area contributed by atoms with Crippen molar-refractivity contribution in [2.75, 3.05) is 5.32 Å². The summed E-state index contributed by atoms with van der Waals surface area (Å²) in [4.78, 5) is 20.9. The number of hydrogen-bond acceptors (Lipinski definition) is 5. The number of benzene rings is 1. The predicted molar refractivity (Wildman–Crippen MR) is 102 cm³/mol. The molecule has 0 fully saturated rings. The van der Waals surface area contributed by atoms with Gasteiger partial charge in [-0.25, -0.2) is 4.98 Å². The molecular weight excluding hydrogens is 403 g/mol. The van der Waals surface area contributed by atoms with E-state index in [4.69, 9.17) is 4.42 Å². The standard InChI is InChI=1S/C20H12F3N3O2S/c21-20(22,23)13-5-3-4-12(10-13)16-7-8-17(28-16)18(27)26-19-25-15(11-29-19)14-6-1-2-9-24-14/h1-11H,(H,25,26,27). The monoisotopic (exact) mass is 415 g/mol. The lowest BCUT2D eigenvalue weighted by molar-refractivity contribution is -0.137. The van der Waals surface area contributed by atoms with Crippen molar-refractivity contribution in [2.24, 2.45) is 0 Å². The molecule has 0 spiro atoms. The summed E-state index contributed by atoms with van der Waals surface area (Å²) in [6.45, 7) is 0. The van der Waals surface area contributed by atoms with Crippen LogP contribution in [0.2, 0.25) is 0 Å². The van der Waals surface area contributed by atoms with Gasteiger partial charge in [-0.2, -0.15) is 13.2 Å². The Morgan fingerprint density at radius 1 is 1.03 bits per heavy atom. The van der Waals surface area contributed by atoms with Crippen molar-refractivity contribution < 1.29 is 22.4 Å². The minimum absolute atomic E-state index is 0.0352. The lowest BCUT2D eigenvalue weighted by atomic mass is 10.1. The number of amides is 1. The second-order valence-electron chi connectivity index (χ2n) is 5.95. The van der Waals surface area contributed by atoms with Crippen LogP contribution in [0.1, 0.15) is 16.1 Å². The molecule has 0 aliphatic heterocycles. The van der Waals surface area contributed by atoms with Crippen LogP contribution in [0.3, 0.4) is 0 Å². The first kappa shape index (κ1) is 18.9. The summed E-state index contributed by atoms with van der Waals surface area (Å²) < 4.78 is 44.1. The molecule has 4 rings (SSSR count). The molecule has 146 valence electrons. The second-order valence-corrected chi connectivity index (χ2v) is 6.81. The molecule has 9 heteroatoms. The number of halogens is 3. The Morgan fingerprint density at radius 3 is 2.66 bits per heavy atom. The number of alkyl halides is 3. The van der Waals surface area contributed by atoms with Gasteiger partial charge in [0.25, 0.3) is 5.91 Å². The highest BCUT2D eigenvalue weighted by molar-refractivity contribution is 7.14. The molecule has 0 aliphatic carbocycles. The number of anilines is 1. The van der Waals surface area contributed by atoms with Gasteiger partial charge < -0.3 is 4.42 Å². The lowest BCUT2D eigenvalue weighted by Crippen LogP contribution is -2.10. The van der Waals surface area contributed by atoms with E-state index in [1.165, 1.54) is 35.6 Å². The molecule has 29 heavy (non-hydrogen) atoms. The summed E-state index contributed by atoms with van der Waals surface area (Å²) in [5.41, 5.74) is 0.733. The maximum atomic E-state index is 12.9. The van der Waals surface area contributed by atoms with Crippen molar-refractivity contribution in [3.05, 3.63) is 77.5 Å². The van der Waals surface area contributed by atoms with Crippen molar-refractivity contribution in [1.82, 2.24) is 9.97 Å². The molecule has 0 bridgehead atoms. The van der Waals surface area contributed by atoms with E-state index < -0.39 is 17.6 Å². The Morgan fingerprint density at radius 2 is 1.90 bits per heavy atom. The van der Waals surface area contributed by atoms with Gasteiger partial charge in [0.15, 0.2) is 10.9 Å². The first-order chi connectivity index (χ1) is 13.9. The van der Waals surface area contributed by atoms with Crippen LogP contribution in [0.5, 0.6) is 0 Å². The molecule has 0 unspecified atom stereocenters. The molecule has 4 aromatic rings. The van der Waals surface area contributed by atoms with E-state index in [1.54, 1.807) is 23.7 Å². The second kappa shape index (κ2) is 7.51. The third-order valence-corrected chi connectivity index (χ3v) is 4.71. The number of hydrogen-bond donors (Lipinski definition) is 1. The molecule has 3 heterocycles. The molecule has 0 radical (unpaired) electrons. The van der Waals surface area contributed by atoms with Crippen molar-refractivity contribution in [3.63, 3.8) is 0 Å². The molecule has 0 atom stereocenters. The van der Waals surface area contributed by atoms with Gasteiger partial charge in [-0.3, -0.25) is 15.1 Å². The van der Waals surface area contributed by atoms with Crippen LogP contribution < -0.4 is 5.32 Å². The van der Waals surface area contributed by atoms with E-state index in [0.29, 0.717) is 16.5 Å². The zero-order chi connectivity index (χ0) is 20.4. The van der Waals surface area contributed by atoms with Crippen LogP contribution in [0.25, 0.3) is 22.7 Å². The van der Waals surface area contributed by atoms with E-state index in [2.05, 4.69) is 15.3 Å². The molecule has 1 aromatic carbocycles. The average Bonchev–Trinajstić information content (AvgIpc) is 3.38. The van der Waals surface area contributed by atoms with E-state index in [0.717, 1.165) is 12.1 Å². The molecule has 1 N–H and O–H groups in total. The van der Waals surface area contributed by atoms with E-state index in [-0.39, 0.29) is 17.1 Å². The molecule has 1 amide bonds. The Bertz CT molecular complexity index is 1150. The Kier molecular flexibility index (Phi) is 4.89. The molecule has 0 aliphatic rings. The van der Waals surface area contributed by atoms with Crippen LogP contribution in [0.15, 0.2) is 70.6 Å². The van der Waals surface area contributed by atoms with Crippen LogP contribution >= 0.6 is 11.3 Å².